The summed E-state index contributed by atoms with van der Waals surface area (Å²) >= 11 is 0. The number of carbonyl (C=O) groups excluding carboxylic acids is 1. The molecule has 1 saturated carbocycles. The smallest absolute Gasteiger partial charge is 0.407 e. The highest BCUT2D eigenvalue weighted by molar-refractivity contribution is 5.68. The first-order valence-corrected chi connectivity index (χ1v) is 8.81. The Bertz CT molecular complexity index is 436. The monoisotopic (exact) mass is 326 g/mol. The predicted octanol–water partition coefficient (Wildman–Crippen LogP) is 3.23. The van der Waals surface area contributed by atoms with Gasteiger partial charge in [-0.25, -0.2) is 4.79 Å². The van der Waals surface area contributed by atoms with Crippen LogP contribution in [0.2, 0.25) is 0 Å². The molecule has 2 N–H and O–H groups in total. The summed E-state index contributed by atoms with van der Waals surface area (Å²) in [6.45, 7) is 14.9. The average Bonchev–Trinajstić information content (AvgIpc) is 3.09. The molecule has 23 heavy (non-hydrogen) atoms. The van der Waals surface area contributed by atoms with Crippen LogP contribution in [0, 0.1) is 5.92 Å². The van der Waals surface area contributed by atoms with Gasteiger partial charge in [0.05, 0.1) is 11.2 Å². The quantitative estimate of drug-likeness (QED) is 0.814. The Morgan fingerprint density at radius 1 is 1.26 bits per heavy atom. The SMILES string of the molecule is CC(C)(C)OC(=O)NC(CNC1CC(C)(C)OC1(C)C)C1CC1. The van der Waals surface area contributed by atoms with Crippen LogP contribution in [0.15, 0.2) is 0 Å². The number of rotatable bonds is 5. The minimum atomic E-state index is -0.461. The zero-order chi connectivity index (χ0) is 17.5. The molecule has 1 saturated heterocycles. The third-order valence-corrected chi connectivity index (χ3v) is 4.55. The van der Waals surface area contributed by atoms with E-state index >= 15 is 0 Å². The maximum absolute atomic E-state index is 12.0. The van der Waals surface area contributed by atoms with Gasteiger partial charge >= 0.3 is 6.09 Å². The molecule has 2 fully saturated rings. The minimum absolute atomic E-state index is 0.102. The molecule has 2 unspecified atom stereocenters. The number of amides is 1. The second-order valence-corrected chi connectivity index (χ2v) is 9.22. The van der Waals surface area contributed by atoms with E-state index in [1.807, 2.05) is 20.8 Å². The highest BCUT2D eigenvalue weighted by Gasteiger charge is 2.46. The molecule has 1 aliphatic carbocycles. The predicted molar refractivity (Wildman–Crippen MR) is 91.5 cm³/mol. The number of carbonyl (C=O) groups is 1. The van der Waals surface area contributed by atoms with Crippen LogP contribution in [0.4, 0.5) is 4.79 Å². The van der Waals surface area contributed by atoms with E-state index in [-0.39, 0.29) is 23.3 Å². The first kappa shape index (κ1) is 18.5. The van der Waals surface area contributed by atoms with Gasteiger partial charge in [-0.05, 0) is 73.6 Å². The molecule has 0 spiro atoms. The summed E-state index contributed by atoms with van der Waals surface area (Å²) in [5, 5.41) is 6.66. The summed E-state index contributed by atoms with van der Waals surface area (Å²) in [5.41, 5.74) is -0.755. The van der Waals surface area contributed by atoms with E-state index < -0.39 is 5.60 Å². The maximum atomic E-state index is 12.0. The standard InChI is InChI=1S/C18H34N2O3/c1-16(2,3)22-15(21)20-13(12-8-9-12)11-19-14-10-17(4,5)23-18(14,6)7/h12-14,19H,8-11H2,1-7H3,(H,20,21). The van der Waals surface area contributed by atoms with Crippen LogP contribution < -0.4 is 10.6 Å². The molecule has 5 heteroatoms. The van der Waals surface area contributed by atoms with Crippen LogP contribution in [0.25, 0.3) is 0 Å². The van der Waals surface area contributed by atoms with Crippen molar-refractivity contribution in [2.45, 2.75) is 96.6 Å². The molecule has 1 heterocycles. The molecule has 1 aliphatic heterocycles. The van der Waals surface area contributed by atoms with Gasteiger partial charge < -0.3 is 20.1 Å². The summed E-state index contributed by atoms with van der Waals surface area (Å²) in [6.07, 6.45) is 3.01. The van der Waals surface area contributed by atoms with Crippen LogP contribution >= 0.6 is 0 Å². The van der Waals surface area contributed by atoms with Crippen molar-refractivity contribution in [1.82, 2.24) is 10.6 Å². The van der Waals surface area contributed by atoms with Crippen molar-refractivity contribution in [2.75, 3.05) is 6.54 Å². The van der Waals surface area contributed by atoms with Gasteiger partial charge in [0.2, 0.25) is 0 Å². The Kier molecular flexibility index (Phi) is 5.03. The Morgan fingerprint density at radius 2 is 1.87 bits per heavy atom. The fourth-order valence-electron chi connectivity index (χ4n) is 3.44. The van der Waals surface area contributed by atoms with Crippen molar-refractivity contribution in [3.63, 3.8) is 0 Å². The largest absolute Gasteiger partial charge is 0.444 e. The highest BCUT2D eigenvalue weighted by Crippen LogP contribution is 2.38. The lowest BCUT2D eigenvalue weighted by Gasteiger charge is -2.30. The molecule has 1 amide bonds. The van der Waals surface area contributed by atoms with Crippen LogP contribution in [-0.4, -0.2) is 41.5 Å². The Labute approximate surface area is 140 Å². The maximum Gasteiger partial charge on any atom is 0.407 e. The molecule has 2 atom stereocenters. The lowest BCUT2D eigenvalue weighted by atomic mass is 9.94. The Hall–Kier alpha value is -0.810. The molecule has 134 valence electrons. The zero-order valence-corrected chi connectivity index (χ0v) is 15.8. The van der Waals surface area contributed by atoms with E-state index in [9.17, 15) is 4.79 Å². The van der Waals surface area contributed by atoms with E-state index in [4.69, 9.17) is 9.47 Å². The van der Waals surface area contributed by atoms with Crippen molar-refractivity contribution in [3.8, 4) is 0 Å². The normalized spacial score (nSPS) is 27.5. The number of hydrogen-bond acceptors (Lipinski definition) is 4. The second-order valence-electron chi connectivity index (χ2n) is 9.22. The lowest BCUT2D eigenvalue weighted by molar-refractivity contribution is -0.0698. The van der Waals surface area contributed by atoms with E-state index in [0.29, 0.717) is 12.0 Å². The third-order valence-electron chi connectivity index (χ3n) is 4.55. The van der Waals surface area contributed by atoms with Gasteiger partial charge in [0.15, 0.2) is 0 Å². The minimum Gasteiger partial charge on any atom is -0.444 e. The van der Waals surface area contributed by atoms with Crippen molar-refractivity contribution < 1.29 is 14.3 Å². The summed E-state index contributed by atoms with van der Waals surface area (Å²) < 4.78 is 11.5. The summed E-state index contributed by atoms with van der Waals surface area (Å²) in [6, 6.07) is 0.420. The molecular weight excluding hydrogens is 292 g/mol. The van der Waals surface area contributed by atoms with Crippen LogP contribution in [0.5, 0.6) is 0 Å². The molecule has 0 aromatic carbocycles. The fourth-order valence-corrected chi connectivity index (χ4v) is 3.44. The van der Waals surface area contributed by atoms with Crippen molar-refractivity contribution in [1.29, 1.82) is 0 Å². The fraction of sp³-hybridized carbons (Fsp3) is 0.944. The van der Waals surface area contributed by atoms with E-state index in [1.54, 1.807) is 0 Å². The summed E-state index contributed by atoms with van der Waals surface area (Å²) in [7, 11) is 0. The Balaban J connectivity index is 1.87. The lowest BCUT2D eigenvalue weighted by Crippen LogP contribution is -2.51. The Morgan fingerprint density at radius 3 is 2.30 bits per heavy atom. The highest BCUT2D eigenvalue weighted by atomic mass is 16.6. The first-order chi connectivity index (χ1) is 10.4. The van der Waals surface area contributed by atoms with Gasteiger partial charge in [-0.3, -0.25) is 0 Å². The van der Waals surface area contributed by atoms with E-state index in [1.165, 1.54) is 12.8 Å². The zero-order valence-electron chi connectivity index (χ0n) is 15.8. The molecular formula is C18H34N2O3. The number of ether oxygens (including phenoxy) is 2. The van der Waals surface area contributed by atoms with Crippen LogP contribution in [-0.2, 0) is 9.47 Å². The molecule has 5 nitrogen and oxygen atoms in total. The van der Waals surface area contributed by atoms with E-state index in [2.05, 4.69) is 38.3 Å². The van der Waals surface area contributed by atoms with Gasteiger partial charge in [0.25, 0.3) is 0 Å². The molecule has 2 rings (SSSR count). The number of alkyl carbamates (subject to hydrolysis) is 1. The van der Waals surface area contributed by atoms with Crippen molar-refractivity contribution in [2.24, 2.45) is 5.92 Å². The molecule has 0 bridgehead atoms. The molecule has 0 aromatic heterocycles. The summed E-state index contributed by atoms with van der Waals surface area (Å²) in [5.74, 6) is 0.563. The number of nitrogens with one attached hydrogen (secondary N) is 2. The van der Waals surface area contributed by atoms with Gasteiger partial charge in [0, 0.05) is 18.6 Å². The molecule has 2 aliphatic rings. The van der Waals surface area contributed by atoms with Crippen molar-refractivity contribution in [3.05, 3.63) is 0 Å². The van der Waals surface area contributed by atoms with E-state index in [0.717, 1.165) is 13.0 Å². The second kappa shape index (κ2) is 6.25. The van der Waals surface area contributed by atoms with Gasteiger partial charge in [-0.15, -0.1) is 0 Å². The molecule has 0 aromatic rings. The summed E-state index contributed by atoms with van der Waals surface area (Å²) in [4.78, 5) is 12.0. The average molecular weight is 326 g/mol. The van der Waals surface area contributed by atoms with Gasteiger partial charge in [-0.1, -0.05) is 0 Å². The first-order valence-electron chi connectivity index (χ1n) is 8.81. The van der Waals surface area contributed by atoms with Gasteiger partial charge in [0.1, 0.15) is 5.60 Å². The van der Waals surface area contributed by atoms with Crippen LogP contribution in [0.1, 0.15) is 67.7 Å². The topological polar surface area (TPSA) is 59.6 Å². The van der Waals surface area contributed by atoms with Gasteiger partial charge in [-0.2, -0.15) is 0 Å². The molecule has 0 radical (unpaired) electrons. The number of hydrogen-bond donors (Lipinski definition) is 2. The van der Waals surface area contributed by atoms with Crippen LogP contribution in [0.3, 0.4) is 0 Å². The third kappa shape index (κ3) is 5.64. The van der Waals surface area contributed by atoms with Crippen molar-refractivity contribution >= 4 is 6.09 Å².